The summed E-state index contributed by atoms with van der Waals surface area (Å²) in [5.74, 6) is -0.542. The fourth-order valence-corrected chi connectivity index (χ4v) is 2.00. The Labute approximate surface area is 95.9 Å². The van der Waals surface area contributed by atoms with Gasteiger partial charge in [0.2, 0.25) is 11.3 Å². The molecule has 0 spiro atoms. The number of nitrogens with one attached hydrogen (secondary N) is 1. The van der Waals surface area contributed by atoms with Crippen LogP contribution in [0.4, 0.5) is 0 Å². The first-order valence-electron chi connectivity index (χ1n) is 5.10. The topological polar surface area (TPSA) is 67.0 Å². The summed E-state index contributed by atoms with van der Waals surface area (Å²) in [6.07, 6.45) is 0. The second-order valence-corrected chi connectivity index (χ2v) is 3.82. The molecular formula is C13H7NO3. The van der Waals surface area contributed by atoms with E-state index in [1.165, 1.54) is 12.1 Å². The lowest BCUT2D eigenvalue weighted by Crippen LogP contribution is -2.25. The molecule has 1 aliphatic rings. The number of benzene rings is 1. The van der Waals surface area contributed by atoms with Crippen molar-refractivity contribution in [3.05, 3.63) is 69.1 Å². The third-order valence-corrected chi connectivity index (χ3v) is 2.81. The zero-order valence-electron chi connectivity index (χ0n) is 8.69. The normalized spacial score (nSPS) is 13.2. The standard InChI is InChI=1S/C13H7NO3/c15-10-6-5-9-11(14-10)13(17)8-4-2-1-3-7(8)12(9)16/h1-6H,(H,14,15). The van der Waals surface area contributed by atoms with Gasteiger partial charge in [-0.05, 0) is 6.07 Å². The molecule has 4 nitrogen and oxygen atoms in total. The van der Waals surface area contributed by atoms with Gasteiger partial charge < -0.3 is 4.98 Å². The molecule has 0 unspecified atom stereocenters. The van der Waals surface area contributed by atoms with Crippen LogP contribution in [-0.2, 0) is 0 Å². The molecule has 2 aromatic rings. The van der Waals surface area contributed by atoms with Crippen molar-refractivity contribution in [2.45, 2.75) is 0 Å². The van der Waals surface area contributed by atoms with E-state index in [2.05, 4.69) is 4.98 Å². The predicted octanol–water partition coefficient (Wildman–Crippen LogP) is 1.15. The number of fused-ring (bicyclic) bond motifs is 2. The highest BCUT2D eigenvalue weighted by Crippen LogP contribution is 2.24. The van der Waals surface area contributed by atoms with Crippen LogP contribution in [0.2, 0.25) is 0 Å². The number of hydrogen-bond acceptors (Lipinski definition) is 3. The highest BCUT2D eigenvalue weighted by molar-refractivity contribution is 6.27. The minimum Gasteiger partial charge on any atom is -0.319 e. The monoisotopic (exact) mass is 225 g/mol. The van der Waals surface area contributed by atoms with Crippen molar-refractivity contribution >= 4 is 11.6 Å². The van der Waals surface area contributed by atoms with Gasteiger partial charge in [0.05, 0.1) is 5.56 Å². The van der Waals surface area contributed by atoms with Crippen LogP contribution < -0.4 is 5.56 Å². The second kappa shape index (κ2) is 3.25. The van der Waals surface area contributed by atoms with Crippen LogP contribution in [0, 0.1) is 0 Å². The van der Waals surface area contributed by atoms with Crippen LogP contribution in [-0.4, -0.2) is 16.6 Å². The zero-order valence-corrected chi connectivity index (χ0v) is 8.69. The summed E-state index contributed by atoms with van der Waals surface area (Å²) in [4.78, 5) is 37.8. The molecule has 1 aromatic heterocycles. The van der Waals surface area contributed by atoms with E-state index in [0.717, 1.165) is 0 Å². The molecule has 0 aliphatic heterocycles. The average Bonchev–Trinajstić information content (AvgIpc) is 2.36. The number of H-pyrrole nitrogens is 1. The first-order valence-corrected chi connectivity index (χ1v) is 5.10. The van der Waals surface area contributed by atoms with Crippen LogP contribution >= 0.6 is 0 Å². The Morgan fingerprint density at radius 1 is 0.706 bits per heavy atom. The Balaban J connectivity index is 2.37. The molecule has 0 saturated carbocycles. The largest absolute Gasteiger partial charge is 0.319 e. The van der Waals surface area contributed by atoms with Gasteiger partial charge in [-0.2, -0.15) is 0 Å². The zero-order chi connectivity index (χ0) is 12.0. The Morgan fingerprint density at radius 2 is 1.35 bits per heavy atom. The van der Waals surface area contributed by atoms with Crippen LogP contribution in [0.1, 0.15) is 32.0 Å². The molecule has 1 aromatic carbocycles. The van der Waals surface area contributed by atoms with E-state index in [1.54, 1.807) is 24.3 Å². The summed E-state index contributed by atoms with van der Waals surface area (Å²) < 4.78 is 0. The Hall–Kier alpha value is -2.49. The summed E-state index contributed by atoms with van der Waals surface area (Å²) in [6, 6.07) is 9.24. The minimum atomic E-state index is -0.385. The fourth-order valence-electron chi connectivity index (χ4n) is 2.00. The first-order chi connectivity index (χ1) is 8.18. The van der Waals surface area contributed by atoms with E-state index in [1.807, 2.05) is 0 Å². The van der Waals surface area contributed by atoms with Crippen molar-refractivity contribution in [3.63, 3.8) is 0 Å². The SMILES string of the molecule is O=C1c2ccccc2C(=O)c2[nH]c(=O)ccc21. The molecule has 1 N–H and O–H groups in total. The van der Waals surface area contributed by atoms with Gasteiger partial charge in [-0.1, -0.05) is 24.3 Å². The van der Waals surface area contributed by atoms with Crippen molar-refractivity contribution in [3.8, 4) is 0 Å². The third-order valence-electron chi connectivity index (χ3n) is 2.81. The Morgan fingerprint density at radius 3 is 2.06 bits per heavy atom. The van der Waals surface area contributed by atoms with Gasteiger partial charge in [0, 0.05) is 17.2 Å². The summed E-state index contributed by atoms with van der Waals surface area (Å²) in [5.41, 5.74) is 0.683. The summed E-state index contributed by atoms with van der Waals surface area (Å²) in [7, 11) is 0. The van der Waals surface area contributed by atoms with Gasteiger partial charge >= 0.3 is 0 Å². The van der Waals surface area contributed by atoms with Gasteiger partial charge in [0.1, 0.15) is 5.69 Å². The molecule has 3 rings (SSSR count). The maximum Gasteiger partial charge on any atom is 0.248 e. The fraction of sp³-hybridized carbons (Fsp3) is 0. The number of carbonyl (C=O) groups excluding carboxylic acids is 2. The molecule has 1 heterocycles. The lowest BCUT2D eigenvalue weighted by atomic mass is 9.87. The first kappa shape index (κ1) is 9.72. The van der Waals surface area contributed by atoms with E-state index < -0.39 is 0 Å². The lowest BCUT2D eigenvalue weighted by Gasteiger charge is -2.15. The van der Waals surface area contributed by atoms with E-state index >= 15 is 0 Å². The van der Waals surface area contributed by atoms with E-state index in [4.69, 9.17) is 0 Å². The highest BCUT2D eigenvalue weighted by Gasteiger charge is 2.29. The van der Waals surface area contributed by atoms with Crippen molar-refractivity contribution < 1.29 is 9.59 Å². The number of ketones is 2. The summed E-state index contributed by atoms with van der Waals surface area (Å²) in [6.45, 7) is 0. The van der Waals surface area contributed by atoms with Crippen LogP contribution in [0.3, 0.4) is 0 Å². The molecule has 82 valence electrons. The number of rotatable bonds is 0. The van der Waals surface area contributed by atoms with Crippen molar-refractivity contribution in [2.75, 3.05) is 0 Å². The molecule has 0 saturated heterocycles. The Kier molecular flexibility index (Phi) is 1.86. The van der Waals surface area contributed by atoms with Gasteiger partial charge in [-0.25, -0.2) is 0 Å². The van der Waals surface area contributed by atoms with Crippen molar-refractivity contribution in [1.29, 1.82) is 0 Å². The maximum absolute atomic E-state index is 12.1. The number of carbonyl (C=O) groups is 2. The summed E-state index contributed by atoms with van der Waals surface area (Å²) in [5, 5.41) is 0. The van der Waals surface area contributed by atoms with E-state index in [0.29, 0.717) is 11.1 Å². The number of aromatic amines is 1. The molecule has 4 heteroatoms. The molecule has 0 fully saturated rings. The van der Waals surface area contributed by atoms with Gasteiger partial charge in [0.15, 0.2) is 5.78 Å². The molecule has 0 bridgehead atoms. The quantitative estimate of drug-likeness (QED) is 0.624. The average molecular weight is 225 g/mol. The van der Waals surface area contributed by atoms with E-state index in [9.17, 15) is 14.4 Å². The minimum absolute atomic E-state index is 0.0844. The molecule has 0 radical (unpaired) electrons. The van der Waals surface area contributed by atoms with Gasteiger partial charge in [-0.3, -0.25) is 14.4 Å². The number of hydrogen-bond donors (Lipinski definition) is 1. The predicted molar refractivity (Wildman–Crippen MR) is 60.4 cm³/mol. The van der Waals surface area contributed by atoms with Gasteiger partial charge in [0.25, 0.3) is 0 Å². The smallest absolute Gasteiger partial charge is 0.248 e. The molecule has 0 amide bonds. The number of pyridine rings is 1. The van der Waals surface area contributed by atoms with E-state index in [-0.39, 0.29) is 28.4 Å². The van der Waals surface area contributed by atoms with Gasteiger partial charge in [-0.15, -0.1) is 0 Å². The maximum atomic E-state index is 12.1. The summed E-state index contributed by atoms with van der Waals surface area (Å²) >= 11 is 0. The molecule has 17 heavy (non-hydrogen) atoms. The van der Waals surface area contributed by atoms with Crippen molar-refractivity contribution in [2.24, 2.45) is 0 Å². The number of aromatic nitrogens is 1. The molecule has 0 atom stereocenters. The van der Waals surface area contributed by atoms with Crippen LogP contribution in [0.5, 0.6) is 0 Å². The lowest BCUT2D eigenvalue weighted by molar-refractivity contribution is 0.0975. The molecular weight excluding hydrogens is 218 g/mol. The Bertz CT molecular complexity index is 713. The van der Waals surface area contributed by atoms with Crippen LogP contribution in [0.15, 0.2) is 41.2 Å². The van der Waals surface area contributed by atoms with Crippen molar-refractivity contribution in [1.82, 2.24) is 4.98 Å². The highest BCUT2D eigenvalue weighted by atomic mass is 16.1. The third kappa shape index (κ3) is 1.27. The second-order valence-electron chi connectivity index (χ2n) is 3.82. The van der Waals surface area contributed by atoms with Crippen LogP contribution in [0.25, 0.3) is 0 Å². The molecule has 1 aliphatic carbocycles.